The van der Waals surface area contributed by atoms with Gasteiger partial charge in [-0.05, 0) is 36.4 Å². The summed E-state index contributed by atoms with van der Waals surface area (Å²) in [5.41, 5.74) is 0.812. The fraction of sp³-hybridized carbons (Fsp3) is 0.294. The average Bonchev–Trinajstić information content (AvgIpc) is 3.33. The summed E-state index contributed by atoms with van der Waals surface area (Å²) in [4.78, 5) is -0.533. The summed E-state index contributed by atoms with van der Waals surface area (Å²) in [6.07, 6.45) is 1.26. The van der Waals surface area contributed by atoms with Gasteiger partial charge in [-0.2, -0.15) is 15.6 Å². The van der Waals surface area contributed by atoms with E-state index in [0.29, 0.717) is 30.7 Å². The Kier molecular flexibility index (Phi) is 4.79. The lowest BCUT2D eigenvalue weighted by atomic mass is 10.00. The van der Waals surface area contributed by atoms with Crippen LogP contribution in [0.25, 0.3) is 11.5 Å². The molecule has 0 radical (unpaired) electrons. The molecule has 0 bridgehead atoms. The molecule has 0 aliphatic carbocycles. The van der Waals surface area contributed by atoms with Gasteiger partial charge in [-0.15, -0.1) is 10.2 Å². The van der Waals surface area contributed by atoms with Gasteiger partial charge >= 0.3 is 0 Å². The predicted octanol–water partition coefficient (Wildman–Crippen LogP) is 3.64. The first-order valence-corrected chi connectivity index (χ1v) is 10.6. The Bertz CT molecular complexity index is 1050. The lowest BCUT2D eigenvalue weighted by molar-refractivity contribution is 0.285. The molecule has 3 aromatic rings. The number of nitrogens with zero attached hydrogens (tertiary/aromatic N) is 3. The van der Waals surface area contributed by atoms with Crippen LogP contribution in [0.3, 0.4) is 0 Å². The SMILES string of the molecule is O=S(=O)(c1ccc(F)cc1F)N1CCCC(c2nnc(-c3ccsc3)o2)C1. The quantitative estimate of drug-likeness (QED) is 0.655. The van der Waals surface area contributed by atoms with Crippen molar-refractivity contribution >= 4 is 21.4 Å². The van der Waals surface area contributed by atoms with Crippen molar-refractivity contribution in [3.05, 3.63) is 52.6 Å². The summed E-state index contributed by atoms with van der Waals surface area (Å²) in [6, 6.07) is 4.31. The lowest BCUT2D eigenvalue weighted by Crippen LogP contribution is -2.39. The third-order valence-corrected chi connectivity index (χ3v) is 7.04. The second-order valence-electron chi connectivity index (χ2n) is 6.23. The van der Waals surface area contributed by atoms with Crippen LogP contribution in [0.15, 0.2) is 44.3 Å². The molecular weight excluding hydrogens is 396 g/mol. The van der Waals surface area contributed by atoms with E-state index in [2.05, 4.69) is 10.2 Å². The summed E-state index contributed by atoms with van der Waals surface area (Å²) in [6.45, 7) is 0.353. The van der Waals surface area contributed by atoms with Gasteiger partial charge in [0, 0.05) is 30.1 Å². The minimum atomic E-state index is -4.08. The minimum Gasteiger partial charge on any atom is -0.420 e. The number of hydrogen-bond donors (Lipinski definition) is 0. The van der Waals surface area contributed by atoms with Crippen LogP contribution in [-0.4, -0.2) is 36.0 Å². The van der Waals surface area contributed by atoms with E-state index in [4.69, 9.17) is 4.42 Å². The largest absolute Gasteiger partial charge is 0.420 e. The normalized spacial score (nSPS) is 18.7. The molecule has 1 atom stereocenters. The number of halogens is 2. The fourth-order valence-electron chi connectivity index (χ4n) is 3.09. The van der Waals surface area contributed by atoms with Gasteiger partial charge in [0.05, 0.1) is 5.92 Å². The Hall–Kier alpha value is -2.17. The number of aromatic nitrogens is 2. The molecule has 1 saturated heterocycles. The predicted molar refractivity (Wildman–Crippen MR) is 94.7 cm³/mol. The minimum absolute atomic E-state index is 0.102. The molecule has 10 heteroatoms. The van der Waals surface area contributed by atoms with Crippen LogP contribution in [0.5, 0.6) is 0 Å². The first-order valence-electron chi connectivity index (χ1n) is 8.26. The van der Waals surface area contributed by atoms with Crippen LogP contribution in [0.1, 0.15) is 24.7 Å². The van der Waals surface area contributed by atoms with E-state index in [9.17, 15) is 17.2 Å². The zero-order valence-electron chi connectivity index (χ0n) is 14.0. The van der Waals surface area contributed by atoms with Gasteiger partial charge in [-0.3, -0.25) is 0 Å². The van der Waals surface area contributed by atoms with Gasteiger partial charge in [0.15, 0.2) is 0 Å². The highest BCUT2D eigenvalue weighted by atomic mass is 32.2. The van der Waals surface area contributed by atoms with E-state index in [1.807, 2.05) is 16.8 Å². The monoisotopic (exact) mass is 411 g/mol. The summed E-state index contributed by atoms with van der Waals surface area (Å²) in [7, 11) is -4.08. The highest BCUT2D eigenvalue weighted by molar-refractivity contribution is 7.89. The van der Waals surface area contributed by atoms with Gasteiger partial charge in [0.25, 0.3) is 0 Å². The maximum absolute atomic E-state index is 14.0. The smallest absolute Gasteiger partial charge is 0.248 e. The van der Waals surface area contributed by atoms with Crippen molar-refractivity contribution in [3.63, 3.8) is 0 Å². The molecule has 4 rings (SSSR count). The Morgan fingerprint density at radius 2 is 2.07 bits per heavy atom. The molecule has 0 N–H and O–H groups in total. The number of hydrogen-bond acceptors (Lipinski definition) is 6. The second kappa shape index (κ2) is 7.10. The Morgan fingerprint density at radius 3 is 2.81 bits per heavy atom. The van der Waals surface area contributed by atoms with Crippen LogP contribution in [0.2, 0.25) is 0 Å². The van der Waals surface area contributed by atoms with Crippen LogP contribution < -0.4 is 0 Å². The zero-order valence-corrected chi connectivity index (χ0v) is 15.6. The third-order valence-electron chi connectivity index (χ3n) is 4.45. The summed E-state index contributed by atoms with van der Waals surface area (Å²) in [5.74, 6) is -1.46. The molecule has 2 aromatic heterocycles. The molecule has 27 heavy (non-hydrogen) atoms. The van der Waals surface area contributed by atoms with E-state index in [0.717, 1.165) is 17.7 Å². The summed E-state index contributed by atoms with van der Waals surface area (Å²) >= 11 is 1.51. The molecule has 1 aliphatic heterocycles. The molecule has 0 amide bonds. The standard InChI is InChI=1S/C17H15F2N3O3S2/c18-13-3-4-15(14(19)8-13)27(23,24)22-6-1-2-11(9-22)16-20-21-17(25-16)12-5-7-26-10-12/h3-5,7-8,10-11H,1-2,6,9H2. The van der Waals surface area contributed by atoms with Gasteiger partial charge in [0.1, 0.15) is 16.5 Å². The number of rotatable bonds is 4. The van der Waals surface area contributed by atoms with Gasteiger partial charge in [0.2, 0.25) is 21.8 Å². The molecule has 0 spiro atoms. The van der Waals surface area contributed by atoms with Gasteiger partial charge in [-0.25, -0.2) is 17.2 Å². The maximum atomic E-state index is 14.0. The molecule has 6 nitrogen and oxygen atoms in total. The van der Waals surface area contributed by atoms with Crippen LogP contribution in [-0.2, 0) is 10.0 Å². The molecule has 1 aromatic carbocycles. The van der Waals surface area contributed by atoms with Crippen LogP contribution in [0, 0.1) is 11.6 Å². The number of thiophene rings is 1. The fourth-order valence-corrected chi connectivity index (χ4v) is 5.29. The highest BCUT2D eigenvalue weighted by Crippen LogP contribution is 2.32. The molecule has 142 valence electrons. The van der Waals surface area contributed by atoms with Crippen molar-refractivity contribution in [2.75, 3.05) is 13.1 Å². The van der Waals surface area contributed by atoms with Crippen molar-refractivity contribution < 1.29 is 21.6 Å². The van der Waals surface area contributed by atoms with Crippen LogP contribution in [0.4, 0.5) is 8.78 Å². The molecule has 1 aliphatic rings. The maximum Gasteiger partial charge on any atom is 0.248 e. The lowest BCUT2D eigenvalue weighted by Gasteiger charge is -2.30. The Morgan fingerprint density at radius 1 is 1.22 bits per heavy atom. The zero-order chi connectivity index (χ0) is 19.0. The molecule has 3 heterocycles. The van der Waals surface area contributed by atoms with Crippen molar-refractivity contribution in [1.82, 2.24) is 14.5 Å². The van der Waals surface area contributed by atoms with Crippen molar-refractivity contribution in [2.24, 2.45) is 0 Å². The summed E-state index contributed by atoms with van der Waals surface area (Å²) < 4.78 is 59.6. The first kappa shape index (κ1) is 18.2. The van der Waals surface area contributed by atoms with Crippen molar-refractivity contribution in [1.29, 1.82) is 0 Å². The highest BCUT2D eigenvalue weighted by Gasteiger charge is 2.34. The van der Waals surface area contributed by atoms with Crippen molar-refractivity contribution in [2.45, 2.75) is 23.7 Å². The molecule has 0 saturated carbocycles. The number of sulfonamides is 1. The van der Waals surface area contributed by atoms with E-state index >= 15 is 0 Å². The second-order valence-corrected chi connectivity index (χ2v) is 8.92. The summed E-state index contributed by atoms with van der Waals surface area (Å²) in [5, 5.41) is 11.9. The average molecular weight is 411 g/mol. The topological polar surface area (TPSA) is 76.3 Å². The Labute approximate surface area is 158 Å². The number of benzene rings is 1. The van der Waals surface area contributed by atoms with E-state index in [1.165, 1.54) is 15.6 Å². The first-order chi connectivity index (χ1) is 12.9. The molecule has 1 unspecified atom stereocenters. The van der Waals surface area contributed by atoms with Crippen molar-refractivity contribution in [3.8, 4) is 11.5 Å². The third kappa shape index (κ3) is 3.52. The molecular formula is C17H15F2N3O3S2. The van der Waals surface area contributed by atoms with E-state index < -0.39 is 26.6 Å². The van der Waals surface area contributed by atoms with E-state index in [1.54, 1.807) is 0 Å². The molecule has 1 fully saturated rings. The number of piperidine rings is 1. The Balaban J connectivity index is 1.57. The van der Waals surface area contributed by atoms with Gasteiger partial charge in [-0.1, -0.05) is 0 Å². The van der Waals surface area contributed by atoms with Gasteiger partial charge < -0.3 is 4.42 Å². The van der Waals surface area contributed by atoms with E-state index in [-0.39, 0.29) is 19.0 Å². The van der Waals surface area contributed by atoms with Crippen LogP contribution >= 0.6 is 11.3 Å².